The summed E-state index contributed by atoms with van der Waals surface area (Å²) in [6.45, 7) is 3.69. The number of hydrogen-bond acceptors (Lipinski definition) is 4. The van der Waals surface area contributed by atoms with Crippen molar-refractivity contribution in [1.82, 2.24) is 0 Å². The van der Waals surface area contributed by atoms with Gasteiger partial charge in [0.1, 0.15) is 28.4 Å². The Morgan fingerprint density at radius 3 is 2.44 bits per heavy atom. The number of aryl methyl sites for hydroxylation is 2. The van der Waals surface area contributed by atoms with Gasteiger partial charge in [-0.15, -0.1) is 13.2 Å². The summed E-state index contributed by atoms with van der Waals surface area (Å²) in [6, 6.07) is 7.58. The van der Waals surface area contributed by atoms with Crippen LogP contribution in [0, 0.1) is 13.8 Å². The fourth-order valence-corrected chi connectivity index (χ4v) is 3.30. The van der Waals surface area contributed by atoms with Crippen LogP contribution in [0.15, 0.2) is 45.4 Å². The van der Waals surface area contributed by atoms with Crippen molar-refractivity contribution in [1.29, 1.82) is 0 Å². The standard InChI is InChI=1S/C20H15F3O4/c1-10-9-25-16-7-6-15(24-3)18(17(10)16)19-11(2)13-8-12(27-20(21,22)23)4-5-14(13)26-19/h4-9H,1-3H3. The summed E-state index contributed by atoms with van der Waals surface area (Å²) in [7, 11) is 1.55. The van der Waals surface area contributed by atoms with Crippen LogP contribution in [-0.2, 0) is 0 Å². The molecule has 0 fully saturated rings. The fourth-order valence-electron chi connectivity index (χ4n) is 3.30. The monoisotopic (exact) mass is 376 g/mol. The van der Waals surface area contributed by atoms with Gasteiger partial charge in [-0.25, -0.2) is 0 Å². The smallest absolute Gasteiger partial charge is 0.496 e. The Kier molecular flexibility index (Phi) is 3.83. The van der Waals surface area contributed by atoms with E-state index in [1.165, 1.54) is 18.2 Å². The molecule has 2 aromatic carbocycles. The van der Waals surface area contributed by atoms with Crippen LogP contribution in [-0.4, -0.2) is 13.5 Å². The minimum absolute atomic E-state index is 0.296. The normalized spacial score (nSPS) is 12.1. The molecule has 4 aromatic rings. The van der Waals surface area contributed by atoms with E-state index in [1.807, 2.05) is 6.92 Å². The Bertz CT molecular complexity index is 1150. The minimum Gasteiger partial charge on any atom is -0.496 e. The molecule has 0 spiro atoms. The van der Waals surface area contributed by atoms with E-state index in [4.69, 9.17) is 13.6 Å². The number of ether oxygens (including phenoxy) is 2. The van der Waals surface area contributed by atoms with E-state index < -0.39 is 6.36 Å². The predicted octanol–water partition coefficient (Wildman–Crippen LogP) is 6.37. The number of fused-ring (bicyclic) bond motifs is 2. The van der Waals surface area contributed by atoms with Crippen molar-refractivity contribution in [3.8, 4) is 22.8 Å². The molecule has 0 saturated carbocycles. The van der Waals surface area contributed by atoms with Gasteiger partial charge in [0.05, 0.1) is 18.9 Å². The molecular weight excluding hydrogens is 361 g/mol. The van der Waals surface area contributed by atoms with Gasteiger partial charge in [-0.05, 0) is 49.7 Å². The molecule has 2 aromatic heterocycles. The summed E-state index contributed by atoms with van der Waals surface area (Å²) in [5.74, 6) is 0.803. The van der Waals surface area contributed by atoms with Gasteiger partial charge in [0.25, 0.3) is 0 Å². The average Bonchev–Trinajstić information content (AvgIpc) is 3.14. The zero-order valence-electron chi connectivity index (χ0n) is 14.7. The topological polar surface area (TPSA) is 44.7 Å². The molecule has 0 radical (unpaired) electrons. The fraction of sp³-hybridized carbons (Fsp3) is 0.200. The quantitative estimate of drug-likeness (QED) is 0.417. The van der Waals surface area contributed by atoms with Crippen molar-refractivity contribution in [2.45, 2.75) is 20.2 Å². The zero-order valence-corrected chi connectivity index (χ0v) is 14.7. The van der Waals surface area contributed by atoms with E-state index in [2.05, 4.69) is 4.74 Å². The lowest BCUT2D eigenvalue weighted by atomic mass is 10.0. The van der Waals surface area contributed by atoms with E-state index in [9.17, 15) is 13.2 Å². The molecule has 0 aliphatic rings. The first-order valence-corrected chi connectivity index (χ1v) is 8.12. The van der Waals surface area contributed by atoms with Gasteiger partial charge in [-0.3, -0.25) is 0 Å². The summed E-state index contributed by atoms with van der Waals surface area (Å²) < 4.78 is 58.6. The molecule has 4 rings (SSSR count). The summed E-state index contributed by atoms with van der Waals surface area (Å²) in [6.07, 6.45) is -3.11. The number of methoxy groups -OCH3 is 1. The molecule has 0 aliphatic carbocycles. The van der Waals surface area contributed by atoms with E-state index in [-0.39, 0.29) is 5.75 Å². The maximum absolute atomic E-state index is 12.5. The molecule has 2 heterocycles. The molecule has 0 saturated heterocycles. The van der Waals surface area contributed by atoms with Crippen molar-refractivity contribution in [3.05, 3.63) is 47.7 Å². The molecule has 0 bridgehead atoms. The van der Waals surface area contributed by atoms with Gasteiger partial charge in [0, 0.05) is 16.3 Å². The highest BCUT2D eigenvalue weighted by atomic mass is 19.4. The lowest BCUT2D eigenvalue weighted by molar-refractivity contribution is -0.274. The zero-order chi connectivity index (χ0) is 19.3. The Morgan fingerprint density at radius 1 is 1.00 bits per heavy atom. The van der Waals surface area contributed by atoms with Gasteiger partial charge < -0.3 is 18.3 Å². The highest BCUT2D eigenvalue weighted by Gasteiger charge is 2.31. The molecule has 0 aliphatic heterocycles. The Balaban J connectivity index is 1.96. The van der Waals surface area contributed by atoms with Crippen LogP contribution in [0.3, 0.4) is 0 Å². The van der Waals surface area contributed by atoms with Crippen LogP contribution in [0.25, 0.3) is 33.3 Å². The third-order valence-electron chi connectivity index (χ3n) is 4.47. The molecular formula is C20H15F3O4. The summed E-state index contributed by atoms with van der Waals surface area (Å²) >= 11 is 0. The molecule has 0 N–H and O–H groups in total. The summed E-state index contributed by atoms with van der Waals surface area (Å²) in [5.41, 5.74) is 3.42. The largest absolute Gasteiger partial charge is 0.573 e. The second-order valence-electron chi connectivity index (χ2n) is 6.20. The van der Waals surface area contributed by atoms with Crippen LogP contribution < -0.4 is 9.47 Å². The molecule has 0 atom stereocenters. The number of benzene rings is 2. The van der Waals surface area contributed by atoms with Crippen molar-refractivity contribution in [2.75, 3.05) is 7.11 Å². The summed E-state index contributed by atoms with van der Waals surface area (Å²) in [4.78, 5) is 0. The maximum atomic E-state index is 12.5. The number of alkyl halides is 3. The van der Waals surface area contributed by atoms with E-state index in [0.717, 1.165) is 10.9 Å². The van der Waals surface area contributed by atoms with Crippen LogP contribution in [0.2, 0.25) is 0 Å². The van der Waals surface area contributed by atoms with Gasteiger partial charge in [-0.1, -0.05) is 0 Å². The SMILES string of the molecule is COc1ccc2occ(C)c2c1-c1oc2ccc(OC(F)(F)F)cc2c1C. The third kappa shape index (κ3) is 2.89. The number of hydrogen-bond donors (Lipinski definition) is 0. The van der Waals surface area contributed by atoms with Crippen molar-refractivity contribution < 1.29 is 31.5 Å². The van der Waals surface area contributed by atoms with Crippen LogP contribution in [0.4, 0.5) is 13.2 Å². The highest BCUT2D eigenvalue weighted by Crippen LogP contribution is 2.44. The third-order valence-corrected chi connectivity index (χ3v) is 4.47. The minimum atomic E-state index is -4.75. The predicted molar refractivity (Wildman–Crippen MR) is 94.1 cm³/mol. The Morgan fingerprint density at radius 2 is 1.74 bits per heavy atom. The van der Waals surface area contributed by atoms with Crippen molar-refractivity contribution >= 4 is 21.9 Å². The second kappa shape index (κ2) is 5.97. The highest BCUT2D eigenvalue weighted by molar-refractivity contribution is 6.01. The Hall–Kier alpha value is -3.09. The first-order chi connectivity index (χ1) is 12.8. The molecule has 140 valence electrons. The van der Waals surface area contributed by atoms with Gasteiger partial charge >= 0.3 is 6.36 Å². The van der Waals surface area contributed by atoms with Gasteiger partial charge in [0.15, 0.2) is 0 Å². The molecule has 4 nitrogen and oxygen atoms in total. The number of halogens is 3. The maximum Gasteiger partial charge on any atom is 0.573 e. The van der Waals surface area contributed by atoms with Crippen molar-refractivity contribution in [2.24, 2.45) is 0 Å². The lowest BCUT2D eigenvalue weighted by Crippen LogP contribution is -2.16. The average molecular weight is 376 g/mol. The van der Waals surface area contributed by atoms with E-state index in [0.29, 0.717) is 39.2 Å². The van der Waals surface area contributed by atoms with Gasteiger partial charge in [0.2, 0.25) is 0 Å². The first kappa shape index (κ1) is 17.3. The number of furan rings is 2. The van der Waals surface area contributed by atoms with Crippen LogP contribution in [0.5, 0.6) is 11.5 Å². The molecule has 0 unspecified atom stereocenters. The molecule has 7 heteroatoms. The van der Waals surface area contributed by atoms with Crippen molar-refractivity contribution in [3.63, 3.8) is 0 Å². The van der Waals surface area contributed by atoms with Crippen LogP contribution >= 0.6 is 0 Å². The Labute approximate surface area is 152 Å². The number of rotatable bonds is 3. The second-order valence-corrected chi connectivity index (χ2v) is 6.20. The summed E-state index contributed by atoms with van der Waals surface area (Å²) in [5, 5.41) is 1.37. The van der Waals surface area contributed by atoms with Crippen LogP contribution in [0.1, 0.15) is 11.1 Å². The lowest BCUT2D eigenvalue weighted by Gasteiger charge is -2.09. The first-order valence-electron chi connectivity index (χ1n) is 8.12. The van der Waals surface area contributed by atoms with E-state index in [1.54, 1.807) is 32.4 Å². The molecule has 0 amide bonds. The van der Waals surface area contributed by atoms with Gasteiger partial charge in [-0.2, -0.15) is 0 Å². The van der Waals surface area contributed by atoms with E-state index >= 15 is 0 Å². The molecule has 27 heavy (non-hydrogen) atoms.